The fraction of sp³-hybridized carbons (Fsp3) is 0.500. The average molecular weight is 338 g/mol. The van der Waals surface area contributed by atoms with Crippen molar-refractivity contribution < 1.29 is 4.52 Å². The number of anilines is 1. The van der Waals surface area contributed by atoms with Gasteiger partial charge >= 0.3 is 0 Å². The molecule has 3 aromatic rings. The first-order valence-corrected chi connectivity index (χ1v) is 8.86. The molecule has 0 spiro atoms. The number of hydrogen-bond acceptors (Lipinski definition) is 7. The molecule has 25 heavy (non-hydrogen) atoms. The van der Waals surface area contributed by atoms with Crippen molar-refractivity contribution in [1.29, 1.82) is 0 Å². The Morgan fingerprint density at radius 1 is 1.12 bits per heavy atom. The van der Waals surface area contributed by atoms with Crippen molar-refractivity contribution in [3.63, 3.8) is 0 Å². The fourth-order valence-electron chi connectivity index (χ4n) is 3.57. The summed E-state index contributed by atoms with van der Waals surface area (Å²) in [5, 5.41) is 8.40. The Kier molecular flexibility index (Phi) is 4.29. The van der Waals surface area contributed by atoms with Crippen LogP contribution >= 0.6 is 0 Å². The molecule has 130 valence electrons. The van der Waals surface area contributed by atoms with Crippen LogP contribution in [0.5, 0.6) is 0 Å². The Labute approximate surface area is 146 Å². The largest absolute Gasteiger partial charge is 0.360 e. The van der Waals surface area contributed by atoms with Gasteiger partial charge in [-0.1, -0.05) is 24.4 Å². The molecule has 0 amide bonds. The Bertz CT molecular complexity index is 884. The highest BCUT2D eigenvalue weighted by molar-refractivity contribution is 5.89. The van der Waals surface area contributed by atoms with E-state index in [0.29, 0.717) is 24.0 Å². The summed E-state index contributed by atoms with van der Waals surface area (Å²) in [4.78, 5) is 17.7. The number of rotatable bonds is 4. The van der Waals surface area contributed by atoms with Crippen molar-refractivity contribution in [2.24, 2.45) is 0 Å². The number of nitrogens with one attached hydrogen (secondary N) is 1. The van der Waals surface area contributed by atoms with Gasteiger partial charge in [0.1, 0.15) is 12.1 Å². The minimum atomic E-state index is 0.444. The van der Waals surface area contributed by atoms with Gasteiger partial charge in [-0.05, 0) is 38.3 Å². The molecule has 0 atom stereocenters. The standard InChI is InChI=1S/C18H22N6O/c1-11-8-12(2)22-18-15(11)17(20-10-21-18)19-9-14-23-16(24-25-14)13-6-4-3-5-7-13/h8,10,13H,3-7,9H2,1-2H3,(H,19,20,21,22). The lowest BCUT2D eigenvalue weighted by atomic mass is 9.89. The van der Waals surface area contributed by atoms with Crippen molar-refractivity contribution in [3.8, 4) is 0 Å². The Hall–Kier alpha value is -2.57. The highest BCUT2D eigenvalue weighted by atomic mass is 16.5. The lowest BCUT2D eigenvalue weighted by Gasteiger charge is -2.17. The lowest BCUT2D eigenvalue weighted by molar-refractivity contribution is 0.361. The van der Waals surface area contributed by atoms with E-state index in [9.17, 15) is 0 Å². The zero-order chi connectivity index (χ0) is 17.2. The van der Waals surface area contributed by atoms with E-state index in [1.54, 1.807) is 0 Å². The summed E-state index contributed by atoms with van der Waals surface area (Å²) >= 11 is 0. The third-order valence-electron chi connectivity index (χ3n) is 4.79. The van der Waals surface area contributed by atoms with Crippen LogP contribution in [0.25, 0.3) is 11.0 Å². The molecule has 0 radical (unpaired) electrons. The Balaban J connectivity index is 1.52. The maximum Gasteiger partial charge on any atom is 0.245 e. The van der Waals surface area contributed by atoms with E-state index in [-0.39, 0.29) is 0 Å². The maximum atomic E-state index is 5.42. The minimum Gasteiger partial charge on any atom is -0.360 e. The molecule has 7 heteroatoms. The highest BCUT2D eigenvalue weighted by Gasteiger charge is 2.21. The van der Waals surface area contributed by atoms with Crippen LogP contribution in [0.4, 0.5) is 5.82 Å². The molecule has 4 rings (SSSR count). The molecule has 0 bridgehead atoms. The van der Waals surface area contributed by atoms with Crippen LogP contribution in [0.1, 0.15) is 61.0 Å². The van der Waals surface area contributed by atoms with Crippen molar-refractivity contribution in [2.45, 2.75) is 58.4 Å². The van der Waals surface area contributed by atoms with Crippen molar-refractivity contribution in [1.82, 2.24) is 25.1 Å². The van der Waals surface area contributed by atoms with Crippen LogP contribution in [0.15, 0.2) is 16.9 Å². The third-order valence-corrected chi connectivity index (χ3v) is 4.79. The molecule has 0 saturated heterocycles. The fourth-order valence-corrected chi connectivity index (χ4v) is 3.57. The number of fused-ring (bicyclic) bond motifs is 1. The van der Waals surface area contributed by atoms with E-state index in [0.717, 1.165) is 41.1 Å². The number of nitrogens with zero attached hydrogens (tertiary/aromatic N) is 5. The van der Waals surface area contributed by atoms with Crippen molar-refractivity contribution >= 4 is 16.9 Å². The van der Waals surface area contributed by atoms with Crippen LogP contribution < -0.4 is 5.32 Å². The van der Waals surface area contributed by atoms with Gasteiger partial charge in [-0.2, -0.15) is 4.98 Å². The predicted molar refractivity (Wildman–Crippen MR) is 94.3 cm³/mol. The van der Waals surface area contributed by atoms with E-state index in [2.05, 4.69) is 30.4 Å². The quantitative estimate of drug-likeness (QED) is 0.776. The smallest absolute Gasteiger partial charge is 0.245 e. The monoisotopic (exact) mass is 338 g/mol. The summed E-state index contributed by atoms with van der Waals surface area (Å²) in [6.07, 6.45) is 7.67. The number of pyridine rings is 1. The molecule has 1 fully saturated rings. The van der Waals surface area contributed by atoms with Crippen LogP contribution in [-0.2, 0) is 6.54 Å². The molecule has 3 heterocycles. The van der Waals surface area contributed by atoms with Crippen LogP contribution in [-0.4, -0.2) is 25.1 Å². The zero-order valence-electron chi connectivity index (χ0n) is 14.6. The van der Waals surface area contributed by atoms with Gasteiger partial charge in [-0.25, -0.2) is 15.0 Å². The highest BCUT2D eigenvalue weighted by Crippen LogP contribution is 2.31. The first kappa shape index (κ1) is 15.9. The molecule has 1 N–H and O–H groups in total. The number of aryl methyl sites for hydroxylation is 2. The molecule has 0 aliphatic heterocycles. The van der Waals surface area contributed by atoms with Crippen LogP contribution in [0.3, 0.4) is 0 Å². The van der Waals surface area contributed by atoms with Gasteiger partial charge in [0.15, 0.2) is 11.5 Å². The normalized spacial score (nSPS) is 15.6. The molecular weight excluding hydrogens is 316 g/mol. The molecule has 0 aromatic carbocycles. The van der Waals surface area contributed by atoms with E-state index in [4.69, 9.17) is 4.52 Å². The Morgan fingerprint density at radius 3 is 2.80 bits per heavy atom. The van der Waals surface area contributed by atoms with Gasteiger partial charge < -0.3 is 9.84 Å². The minimum absolute atomic E-state index is 0.444. The van der Waals surface area contributed by atoms with E-state index in [1.165, 1.54) is 25.6 Å². The first-order chi connectivity index (χ1) is 12.2. The summed E-state index contributed by atoms with van der Waals surface area (Å²) in [6.45, 7) is 4.45. The molecule has 0 unspecified atom stereocenters. The first-order valence-electron chi connectivity index (χ1n) is 8.86. The van der Waals surface area contributed by atoms with E-state index in [1.807, 2.05) is 19.9 Å². The molecular formula is C18H22N6O. The van der Waals surface area contributed by atoms with Gasteiger partial charge in [0.25, 0.3) is 0 Å². The second-order valence-corrected chi connectivity index (χ2v) is 6.74. The number of aromatic nitrogens is 5. The second kappa shape index (κ2) is 6.74. The van der Waals surface area contributed by atoms with E-state index >= 15 is 0 Å². The average Bonchev–Trinajstić information content (AvgIpc) is 3.09. The van der Waals surface area contributed by atoms with Crippen LogP contribution in [0.2, 0.25) is 0 Å². The number of hydrogen-bond donors (Lipinski definition) is 1. The molecule has 3 aromatic heterocycles. The molecule has 1 aliphatic rings. The molecule has 1 aliphatic carbocycles. The predicted octanol–water partition coefficient (Wildman–Crippen LogP) is 3.68. The van der Waals surface area contributed by atoms with Gasteiger partial charge in [0.2, 0.25) is 5.89 Å². The zero-order valence-corrected chi connectivity index (χ0v) is 14.6. The maximum absolute atomic E-state index is 5.42. The van der Waals surface area contributed by atoms with E-state index < -0.39 is 0 Å². The SMILES string of the molecule is Cc1cc(C)c2c(NCc3nc(C4CCCCC4)no3)ncnc2n1. The van der Waals surface area contributed by atoms with Crippen molar-refractivity contribution in [3.05, 3.63) is 35.4 Å². The van der Waals surface area contributed by atoms with Gasteiger partial charge in [0.05, 0.1) is 11.9 Å². The molecule has 1 saturated carbocycles. The summed E-state index contributed by atoms with van der Waals surface area (Å²) in [5.41, 5.74) is 2.74. The summed E-state index contributed by atoms with van der Waals surface area (Å²) in [7, 11) is 0. The van der Waals surface area contributed by atoms with Gasteiger partial charge in [0, 0.05) is 11.6 Å². The van der Waals surface area contributed by atoms with Gasteiger partial charge in [-0.3, -0.25) is 0 Å². The third kappa shape index (κ3) is 3.31. The van der Waals surface area contributed by atoms with Crippen LogP contribution in [0, 0.1) is 13.8 Å². The lowest BCUT2D eigenvalue weighted by Crippen LogP contribution is -2.07. The summed E-state index contributed by atoms with van der Waals surface area (Å²) in [6, 6.07) is 2.03. The summed E-state index contributed by atoms with van der Waals surface area (Å²) < 4.78 is 5.42. The second-order valence-electron chi connectivity index (χ2n) is 6.74. The Morgan fingerprint density at radius 2 is 1.96 bits per heavy atom. The van der Waals surface area contributed by atoms with Crippen molar-refractivity contribution in [2.75, 3.05) is 5.32 Å². The topological polar surface area (TPSA) is 89.6 Å². The van der Waals surface area contributed by atoms with Gasteiger partial charge in [-0.15, -0.1) is 0 Å². The summed E-state index contributed by atoms with van der Waals surface area (Å²) in [5.74, 6) is 2.62. The molecule has 7 nitrogen and oxygen atoms in total.